The fraction of sp³-hybridized carbons (Fsp3) is 0.333. The predicted molar refractivity (Wildman–Crippen MR) is 54.7 cm³/mol. The fourth-order valence-electron chi connectivity index (χ4n) is 0. The summed E-state index contributed by atoms with van der Waals surface area (Å²) < 4.78 is 0. The molecule has 0 amide bonds. The van der Waals surface area contributed by atoms with E-state index in [4.69, 9.17) is 25.2 Å². The molecule has 0 saturated heterocycles. The van der Waals surface area contributed by atoms with Crippen molar-refractivity contribution in [3.63, 3.8) is 0 Å². The van der Waals surface area contributed by atoms with Crippen LogP contribution >= 0.6 is 0 Å². The third-order valence-electron chi connectivity index (χ3n) is 0. The Morgan fingerprint density at radius 2 is 1.00 bits per heavy atom. The molecule has 87 valence electrons. The van der Waals surface area contributed by atoms with Crippen molar-refractivity contribution >= 4 is 18.9 Å². The summed E-state index contributed by atoms with van der Waals surface area (Å²) in [4.78, 5) is 26.1. The normalized spacial score (nSPS) is 6.40. The van der Waals surface area contributed by atoms with E-state index in [-0.39, 0.29) is 21.7 Å². The molecule has 6 heteroatoms. The minimum Gasteiger partial charge on any atom is -0.377 e. The van der Waals surface area contributed by atoms with Crippen molar-refractivity contribution < 1.29 is 41.2 Å². The fourth-order valence-corrected chi connectivity index (χ4v) is 0. The summed E-state index contributed by atoms with van der Waals surface area (Å²) in [6, 6.07) is 0. The molecule has 0 aliphatic heterocycles. The molecule has 0 aromatic rings. The summed E-state index contributed by atoms with van der Waals surface area (Å²) in [5.74, 6) is 0. The first-order valence-electron chi connectivity index (χ1n) is 3.44. The number of rotatable bonds is 0. The van der Waals surface area contributed by atoms with Crippen molar-refractivity contribution in [2.45, 2.75) is 19.6 Å². The predicted octanol–water partition coefficient (Wildman–Crippen LogP) is -0.271. The summed E-state index contributed by atoms with van der Waals surface area (Å²) in [7, 11) is 0. The molecule has 0 spiro atoms. The van der Waals surface area contributed by atoms with Gasteiger partial charge in [0.15, 0.2) is 0 Å². The number of hydrogen-bond acceptors (Lipinski definition) is 5. The Morgan fingerprint density at radius 3 is 1.00 bits per heavy atom. The average Bonchev–Trinajstić information content (AvgIpc) is 1.86. The van der Waals surface area contributed by atoms with Gasteiger partial charge < -0.3 is 46.0 Å². The van der Waals surface area contributed by atoms with Gasteiger partial charge in [-0.25, -0.2) is 0 Å². The van der Waals surface area contributed by atoms with Gasteiger partial charge in [0.2, 0.25) is 0 Å². The largest absolute Gasteiger partial charge is 3.00 e. The molecule has 0 rings (SSSR count). The summed E-state index contributed by atoms with van der Waals surface area (Å²) in [5, 5.41) is 8.30. The molecule has 0 fully saturated rings. The monoisotopic (exact) mass is 252 g/mol. The van der Waals surface area contributed by atoms with Crippen LogP contribution in [0, 0.1) is 20.8 Å². The van der Waals surface area contributed by atoms with Crippen molar-refractivity contribution in [1.82, 2.24) is 0 Å². The molecule has 1 radical (unpaired) electrons. The first-order chi connectivity index (χ1) is 6.24. The number of nitrogens with two attached hydrogens (primary N) is 1. The summed E-state index contributed by atoms with van der Waals surface area (Å²) in [5.41, 5.74) is 3.91. The van der Waals surface area contributed by atoms with Gasteiger partial charge in [-0.1, -0.05) is 0 Å². The van der Waals surface area contributed by atoms with Crippen LogP contribution in [0.1, 0.15) is 13.8 Å². The minimum absolute atomic E-state index is 0. The third-order valence-corrected chi connectivity index (χ3v) is 0. The van der Waals surface area contributed by atoms with Gasteiger partial charge in [-0.05, 0) is 32.7 Å². The molecule has 0 aromatic carbocycles. The SMILES string of the molecule is CC(C)(N)O.[CH2-]C=O.[CH2-]C=O.[CH2-]C=O.[Ti+3]. The van der Waals surface area contributed by atoms with Crippen LogP contribution in [0.4, 0.5) is 0 Å². The van der Waals surface area contributed by atoms with Gasteiger partial charge in [0.05, 0.1) is 0 Å². The van der Waals surface area contributed by atoms with E-state index in [9.17, 15) is 0 Å². The molecular weight excluding hydrogens is 234 g/mol. The molecule has 0 aliphatic rings. The van der Waals surface area contributed by atoms with Gasteiger partial charge in [0, 0.05) is 0 Å². The minimum atomic E-state index is -1.00. The van der Waals surface area contributed by atoms with Crippen LogP contribution in [-0.2, 0) is 36.1 Å². The maximum Gasteiger partial charge on any atom is 3.00 e. The van der Waals surface area contributed by atoms with Crippen molar-refractivity contribution in [2.24, 2.45) is 5.73 Å². The smallest absolute Gasteiger partial charge is 0.377 e. The second kappa shape index (κ2) is 29.2. The van der Waals surface area contributed by atoms with Gasteiger partial charge in [0.1, 0.15) is 5.72 Å². The Morgan fingerprint density at radius 1 is 1.00 bits per heavy atom. The third kappa shape index (κ3) is 3020. The van der Waals surface area contributed by atoms with Gasteiger partial charge >= 0.3 is 21.7 Å². The molecule has 3 N–H and O–H groups in total. The second-order valence-electron chi connectivity index (χ2n) is 2.15. The van der Waals surface area contributed by atoms with E-state index >= 15 is 0 Å². The quantitative estimate of drug-likeness (QED) is 0.267. The van der Waals surface area contributed by atoms with Gasteiger partial charge in [-0.3, -0.25) is 0 Å². The Bertz CT molecular complexity index is 104. The van der Waals surface area contributed by atoms with E-state index in [1.807, 2.05) is 0 Å². The van der Waals surface area contributed by atoms with Gasteiger partial charge in [-0.15, -0.1) is 0 Å². The van der Waals surface area contributed by atoms with Gasteiger partial charge in [-0.2, -0.15) is 0 Å². The van der Waals surface area contributed by atoms with Crippen LogP contribution in [0.2, 0.25) is 0 Å². The van der Waals surface area contributed by atoms with Crippen molar-refractivity contribution in [1.29, 1.82) is 0 Å². The molecule has 0 atom stereocenters. The van der Waals surface area contributed by atoms with Crippen LogP contribution in [0.3, 0.4) is 0 Å². The van der Waals surface area contributed by atoms with Gasteiger partial charge in [0.25, 0.3) is 0 Å². The summed E-state index contributed by atoms with van der Waals surface area (Å²) >= 11 is 0. The molecule has 15 heavy (non-hydrogen) atoms. The molecule has 0 bridgehead atoms. The maximum atomic E-state index is 8.69. The van der Waals surface area contributed by atoms with Crippen molar-refractivity contribution in [2.75, 3.05) is 0 Å². The van der Waals surface area contributed by atoms with E-state index in [0.29, 0.717) is 18.9 Å². The molecule has 0 heterocycles. The van der Waals surface area contributed by atoms with Crippen molar-refractivity contribution in [3.8, 4) is 0 Å². The molecule has 0 unspecified atom stereocenters. The topological polar surface area (TPSA) is 97.5 Å². The first kappa shape index (κ1) is 29.2. The Hall–Kier alpha value is -0.746. The van der Waals surface area contributed by atoms with E-state index in [0.717, 1.165) is 0 Å². The zero-order valence-corrected chi connectivity index (χ0v) is 10.7. The van der Waals surface area contributed by atoms with Crippen LogP contribution in [0.15, 0.2) is 0 Å². The molecule has 5 nitrogen and oxygen atoms in total. The second-order valence-corrected chi connectivity index (χ2v) is 2.15. The van der Waals surface area contributed by atoms with Crippen LogP contribution in [-0.4, -0.2) is 29.7 Å². The average molecular weight is 252 g/mol. The standard InChI is InChI=1S/C3H9NO.3C2H3O.Ti/c1-3(2,4)5;3*1-2-3;/h5H,4H2,1-2H3;3*2H,1H2;/q;3*-1;+3. The number of aliphatic hydroxyl groups is 1. The Balaban J connectivity index is -0.0000000300. The van der Waals surface area contributed by atoms with E-state index < -0.39 is 5.72 Å². The summed E-state index contributed by atoms with van der Waals surface area (Å²) in [6.45, 7) is 11.5. The number of aldehydes is 3. The van der Waals surface area contributed by atoms with Crippen LogP contribution in [0.5, 0.6) is 0 Å². The number of carbonyl (C=O) groups is 3. The molecule has 0 aromatic heterocycles. The van der Waals surface area contributed by atoms with E-state index in [2.05, 4.69) is 20.8 Å². The number of hydrogen-bond donors (Lipinski definition) is 2. The van der Waals surface area contributed by atoms with Crippen LogP contribution in [0.25, 0.3) is 0 Å². The number of carbonyl (C=O) groups excluding carboxylic acids is 3. The first-order valence-corrected chi connectivity index (χ1v) is 3.44. The molecule has 0 aliphatic carbocycles. The van der Waals surface area contributed by atoms with E-state index in [1.54, 1.807) is 0 Å². The zero-order chi connectivity index (χ0) is 12.6. The molecular formula is C9H18NO4Ti. The maximum absolute atomic E-state index is 8.69. The summed E-state index contributed by atoms with van der Waals surface area (Å²) in [6.07, 6.45) is 1.50. The van der Waals surface area contributed by atoms with Crippen molar-refractivity contribution in [3.05, 3.63) is 20.8 Å². The van der Waals surface area contributed by atoms with Crippen LogP contribution < -0.4 is 5.73 Å². The zero-order valence-electron chi connectivity index (χ0n) is 9.10. The Labute approximate surface area is 106 Å². The van der Waals surface area contributed by atoms with E-state index in [1.165, 1.54) is 13.8 Å². The molecule has 0 saturated carbocycles. The Kier molecular flexibility index (Phi) is 56.9.